The normalized spacial score (nSPS) is 12.7. The summed E-state index contributed by atoms with van der Waals surface area (Å²) in [5, 5.41) is 9.49. The van der Waals surface area contributed by atoms with Gasteiger partial charge in [0.15, 0.2) is 0 Å². The molecular weight excluding hydrogens is 270 g/mol. The zero-order valence-electron chi connectivity index (χ0n) is 12.4. The van der Waals surface area contributed by atoms with Gasteiger partial charge in [0.05, 0.1) is 28.1 Å². The summed E-state index contributed by atoms with van der Waals surface area (Å²) in [6.07, 6.45) is 1.62. The van der Waals surface area contributed by atoms with E-state index in [2.05, 4.69) is 40.5 Å². The Bertz CT molecular complexity index is 574. The lowest BCUT2D eigenvalue weighted by molar-refractivity contribution is 0.540. The van der Waals surface area contributed by atoms with Gasteiger partial charge in [0.25, 0.3) is 0 Å². The summed E-state index contributed by atoms with van der Waals surface area (Å²) in [6, 6.07) is 2.08. The Morgan fingerprint density at radius 3 is 2.60 bits per heavy atom. The molecule has 2 rings (SSSR count). The molecule has 6 heteroatoms. The molecule has 1 atom stereocenters. The second-order valence-corrected chi connectivity index (χ2v) is 6.20. The van der Waals surface area contributed by atoms with Gasteiger partial charge in [-0.3, -0.25) is 11.3 Å². The van der Waals surface area contributed by atoms with Crippen LogP contribution in [0.25, 0.3) is 0 Å². The van der Waals surface area contributed by atoms with Crippen molar-refractivity contribution in [3.8, 4) is 0 Å². The molecule has 2 heterocycles. The van der Waals surface area contributed by atoms with Crippen molar-refractivity contribution in [2.45, 2.75) is 46.6 Å². The van der Waals surface area contributed by atoms with Gasteiger partial charge >= 0.3 is 0 Å². The van der Waals surface area contributed by atoms with Crippen LogP contribution >= 0.6 is 11.3 Å². The summed E-state index contributed by atoms with van der Waals surface area (Å²) in [5.41, 5.74) is 7.01. The number of hydrazine groups is 1. The number of aryl methyl sites for hydroxylation is 4. The van der Waals surface area contributed by atoms with E-state index in [9.17, 15) is 0 Å². The lowest BCUT2D eigenvalue weighted by Crippen LogP contribution is -2.30. The Balaban J connectivity index is 2.30. The minimum atomic E-state index is 0.0177. The molecule has 3 N–H and O–H groups in total. The van der Waals surface area contributed by atoms with Crippen LogP contribution in [-0.4, -0.2) is 15.2 Å². The summed E-state index contributed by atoms with van der Waals surface area (Å²) in [5.74, 6) is 5.75. The smallest absolute Gasteiger partial charge is 0.0950 e. The van der Waals surface area contributed by atoms with Crippen molar-refractivity contribution in [2.75, 3.05) is 0 Å². The summed E-state index contributed by atoms with van der Waals surface area (Å²) in [4.78, 5) is 5.85. The van der Waals surface area contributed by atoms with Gasteiger partial charge in [-0.05, 0) is 38.8 Å². The Morgan fingerprint density at radius 1 is 1.30 bits per heavy atom. The predicted molar refractivity (Wildman–Crippen MR) is 81.5 cm³/mol. The van der Waals surface area contributed by atoms with Gasteiger partial charge in [-0.1, -0.05) is 6.92 Å². The van der Waals surface area contributed by atoms with E-state index in [-0.39, 0.29) is 6.04 Å². The van der Waals surface area contributed by atoms with Crippen LogP contribution in [0.3, 0.4) is 0 Å². The highest BCUT2D eigenvalue weighted by Crippen LogP contribution is 2.25. The highest BCUT2D eigenvalue weighted by atomic mass is 32.1. The molecule has 1 unspecified atom stereocenters. The molecule has 20 heavy (non-hydrogen) atoms. The Morgan fingerprint density at radius 2 is 2.05 bits per heavy atom. The van der Waals surface area contributed by atoms with Crippen LogP contribution in [-0.2, 0) is 12.8 Å². The quantitative estimate of drug-likeness (QED) is 0.652. The number of thiazole rings is 1. The molecule has 0 aliphatic carbocycles. The third-order valence-electron chi connectivity index (χ3n) is 3.39. The standard InChI is InChI=1S/C14H21N5S/c1-5-12-11(6-8(2)18-19-12)13(17-15)7-14-16-9(3)10(4)20-14/h6,13,17H,5,7,15H2,1-4H3. The minimum Gasteiger partial charge on any atom is -0.271 e. The molecule has 0 aliphatic rings. The molecule has 5 nitrogen and oxygen atoms in total. The first kappa shape index (κ1) is 15.0. The van der Waals surface area contributed by atoms with E-state index < -0.39 is 0 Å². The molecular formula is C14H21N5S. The molecule has 0 saturated heterocycles. The topological polar surface area (TPSA) is 76.7 Å². The van der Waals surface area contributed by atoms with Crippen molar-refractivity contribution < 1.29 is 0 Å². The first-order valence-corrected chi connectivity index (χ1v) is 7.59. The summed E-state index contributed by atoms with van der Waals surface area (Å²) in [6.45, 7) is 8.15. The van der Waals surface area contributed by atoms with Crippen LogP contribution in [0, 0.1) is 20.8 Å². The van der Waals surface area contributed by atoms with Gasteiger partial charge in [-0.25, -0.2) is 4.98 Å². The van der Waals surface area contributed by atoms with Crippen LogP contribution in [0.4, 0.5) is 0 Å². The number of hydrogen-bond donors (Lipinski definition) is 2. The molecule has 0 spiro atoms. The number of rotatable bonds is 5. The zero-order valence-corrected chi connectivity index (χ0v) is 13.2. The maximum absolute atomic E-state index is 5.75. The van der Waals surface area contributed by atoms with E-state index in [4.69, 9.17) is 5.84 Å². The average Bonchev–Trinajstić information content (AvgIpc) is 2.75. The number of nitrogens with zero attached hydrogens (tertiary/aromatic N) is 3. The monoisotopic (exact) mass is 291 g/mol. The van der Waals surface area contributed by atoms with Crippen LogP contribution in [0.5, 0.6) is 0 Å². The van der Waals surface area contributed by atoms with Gasteiger partial charge < -0.3 is 0 Å². The molecule has 0 saturated carbocycles. The van der Waals surface area contributed by atoms with Gasteiger partial charge in [0, 0.05) is 11.3 Å². The molecule has 0 radical (unpaired) electrons. The van der Waals surface area contributed by atoms with Crippen molar-refractivity contribution >= 4 is 11.3 Å². The second kappa shape index (κ2) is 6.39. The van der Waals surface area contributed by atoms with Crippen molar-refractivity contribution in [1.82, 2.24) is 20.6 Å². The van der Waals surface area contributed by atoms with Crippen molar-refractivity contribution in [3.05, 3.63) is 38.6 Å². The SMILES string of the molecule is CCc1nnc(C)cc1C(Cc1nc(C)c(C)s1)NN. The van der Waals surface area contributed by atoms with E-state index in [0.717, 1.165) is 40.5 Å². The fourth-order valence-electron chi connectivity index (χ4n) is 2.17. The van der Waals surface area contributed by atoms with E-state index >= 15 is 0 Å². The average molecular weight is 291 g/mol. The first-order valence-electron chi connectivity index (χ1n) is 6.77. The van der Waals surface area contributed by atoms with E-state index in [1.54, 1.807) is 11.3 Å². The van der Waals surface area contributed by atoms with Crippen molar-refractivity contribution in [3.63, 3.8) is 0 Å². The molecule has 0 fully saturated rings. The van der Waals surface area contributed by atoms with Crippen molar-refractivity contribution in [2.24, 2.45) is 5.84 Å². The van der Waals surface area contributed by atoms with Crippen molar-refractivity contribution in [1.29, 1.82) is 0 Å². The van der Waals surface area contributed by atoms with Crippen LogP contribution in [0.15, 0.2) is 6.07 Å². The number of nitrogens with two attached hydrogens (primary N) is 1. The summed E-state index contributed by atoms with van der Waals surface area (Å²) >= 11 is 1.73. The van der Waals surface area contributed by atoms with Gasteiger partial charge in [-0.15, -0.1) is 11.3 Å². The highest BCUT2D eigenvalue weighted by Gasteiger charge is 2.18. The number of nitrogens with one attached hydrogen (secondary N) is 1. The molecule has 108 valence electrons. The van der Waals surface area contributed by atoms with Gasteiger partial charge in [0.2, 0.25) is 0 Å². The largest absolute Gasteiger partial charge is 0.271 e. The summed E-state index contributed by atoms with van der Waals surface area (Å²) in [7, 11) is 0. The Kier molecular flexibility index (Phi) is 4.80. The fraction of sp³-hybridized carbons (Fsp3) is 0.500. The van der Waals surface area contributed by atoms with Crippen LogP contribution in [0.1, 0.15) is 45.5 Å². The highest BCUT2D eigenvalue weighted by molar-refractivity contribution is 7.11. The lowest BCUT2D eigenvalue weighted by Gasteiger charge is -2.17. The minimum absolute atomic E-state index is 0.0177. The second-order valence-electron chi connectivity index (χ2n) is 4.91. The van der Waals surface area contributed by atoms with Crippen LogP contribution < -0.4 is 11.3 Å². The molecule has 2 aromatic rings. The molecule has 0 amide bonds. The Hall–Kier alpha value is -1.37. The summed E-state index contributed by atoms with van der Waals surface area (Å²) < 4.78 is 0. The number of aromatic nitrogens is 3. The molecule has 0 aliphatic heterocycles. The Labute approximate surface area is 123 Å². The zero-order chi connectivity index (χ0) is 14.7. The van der Waals surface area contributed by atoms with Crippen LogP contribution in [0.2, 0.25) is 0 Å². The van der Waals surface area contributed by atoms with E-state index in [0.29, 0.717) is 0 Å². The maximum atomic E-state index is 5.75. The first-order chi connectivity index (χ1) is 9.55. The molecule has 0 bridgehead atoms. The maximum Gasteiger partial charge on any atom is 0.0950 e. The molecule has 2 aromatic heterocycles. The third-order valence-corrected chi connectivity index (χ3v) is 4.48. The molecule has 0 aromatic carbocycles. The third kappa shape index (κ3) is 3.20. The predicted octanol–water partition coefficient (Wildman–Crippen LogP) is 2.17. The van der Waals surface area contributed by atoms with Gasteiger partial charge in [0.1, 0.15) is 0 Å². The van der Waals surface area contributed by atoms with E-state index in [1.807, 2.05) is 13.8 Å². The lowest BCUT2D eigenvalue weighted by atomic mass is 10.0. The van der Waals surface area contributed by atoms with Gasteiger partial charge in [-0.2, -0.15) is 10.2 Å². The fourth-order valence-corrected chi connectivity index (χ4v) is 3.15. The number of hydrogen-bond acceptors (Lipinski definition) is 6. The van der Waals surface area contributed by atoms with E-state index in [1.165, 1.54) is 4.88 Å².